The number of rotatable bonds is 6. The first kappa shape index (κ1) is 16.0. The van der Waals surface area contributed by atoms with Gasteiger partial charge in [0, 0.05) is 20.0 Å². The lowest BCUT2D eigenvalue weighted by Crippen LogP contribution is -2.57. The molecular formula is C13H23BN2O3. The number of nitrogens with zero attached hydrogens (tertiary/aromatic N) is 1. The molecule has 1 unspecified atom stereocenters. The molecule has 0 spiro atoms. The smallest absolute Gasteiger partial charge is 0.323 e. The molecule has 0 aromatic rings. The van der Waals surface area contributed by atoms with E-state index in [1.807, 2.05) is 0 Å². The summed E-state index contributed by atoms with van der Waals surface area (Å²) in [6, 6.07) is 0. The number of nitrogens with two attached hydrogens (primary N) is 1. The SMILES string of the molecule is [B]CCCCC(N)(C(=O)O)C1CCN(C(C)=O)CC1. The molecule has 6 heteroatoms. The maximum Gasteiger partial charge on any atom is 0.323 e. The van der Waals surface area contributed by atoms with Gasteiger partial charge in [-0.15, -0.1) is 0 Å². The van der Waals surface area contributed by atoms with Crippen molar-refractivity contribution < 1.29 is 14.7 Å². The van der Waals surface area contributed by atoms with Gasteiger partial charge in [0.15, 0.2) is 0 Å². The molecule has 19 heavy (non-hydrogen) atoms. The third kappa shape index (κ3) is 3.96. The van der Waals surface area contributed by atoms with Crippen molar-refractivity contribution in [3.05, 3.63) is 0 Å². The zero-order valence-corrected chi connectivity index (χ0v) is 11.6. The zero-order valence-electron chi connectivity index (χ0n) is 11.6. The van der Waals surface area contributed by atoms with Crippen molar-refractivity contribution in [1.29, 1.82) is 0 Å². The average molecular weight is 266 g/mol. The van der Waals surface area contributed by atoms with E-state index in [-0.39, 0.29) is 11.8 Å². The van der Waals surface area contributed by atoms with Gasteiger partial charge in [0.05, 0.1) is 7.85 Å². The number of carbonyl (C=O) groups is 2. The number of unbranched alkanes of at least 4 members (excludes halogenated alkanes) is 1. The van der Waals surface area contributed by atoms with Gasteiger partial charge >= 0.3 is 5.97 Å². The summed E-state index contributed by atoms with van der Waals surface area (Å²) < 4.78 is 0. The number of amides is 1. The van der Waals surface area contributed by atoms with Gasteiger partial charge in [-0.2, -0.15) is 0 Å². The van der Waals surface area contributed by atoms with Gasteiger partial charge in [-0.3, -0.25) is 9.59 Å². The molecule has 1 aliphatic heterocycles. The maximum atomic E-state index is 11.5. The van der Waals surface area contributed by atoms with Crippen LogP contribution in [0, 0.1) is 5.92 Å². The minimum Gasteiger partial charge on any atom is -0.480 e. The van der Waals surface area contributed by atoms with Gasteiger partial charge in [-0.1, -0.05) is 19.2 Å². The molecule has 1 heterocycles. The second-order valence-corrected chi connectivity index (χ2v) is 5.37. The van der Waals surface area contributed by atoms with Crippen molar-refractivity contribution >= 4 is 19.7 Å². The second-order valence-electron chi connectivity index (χ2n) is 5.37. The Morgan fingerprint density at radius 3 is 2.37 bits per heavy atom. The van der Waals surface area contributed by atoms with E-state index in [0.29, 0.717) is 38.7 Å². The zero-order chi connectivity index (χ0) is 14.5. The van der Waals surface area contributed by atoms with Crippen LogP contribution in [0.2, 0.25) is 6.32 Å². The molecule has 106 valence electrons. The Hall–Kier alpha value is -1.04. The van der Waals surface area contributed by atoms with E-state index in [1.54, 1.807) is 4.90 Å². The molecular weight excluding hydrogens is 243 g/mol. The number of aliphatic carboxylic acids is 1. The van der Waals surface area contributed by atoms with Crippen LogP contribution < -0.4 is 5.73 Å². The fourth-order valence-electron chi connectivity index (χ4n) is 2.76. The Morgan fingerprint density at radius 2 is 1.95 bits per heavy atom. The van der Waals surface area contributed by atoms with Crippen LogP contribution in [0.1, 0.15) is 39.0 Å². The predicted molar refractivity (Wildman–Crippen MR) is 73.9 cm³/mol. The summed E-state index contributed by atoms with van der Waals surface area (Å²) >= 11 is 0. The molecule has 1 saturated heterocycles. The summed E-state index contributed by atoms with van der Waals surface area (Å²) in [7, 11) is 5.43. The van der Waals surface area contributed by atoms with Crippen LogP contribution in [0.4, 0.5) is 0 Å². The van der Waals surface area contributed by atoms with Crippen molar-refractivity contribution in [3.63, 3.8) is 0 Å². The van der Waals surface area contributed by atoms with E-state index in [9.17, 15) is 14.7 Å². The fraction of sp³-hybridized carbons (Fsp3) is 0.846. The lowest BCUT2D eigenvalue weighted by atomic mass is 9.75. The first-order chi connectivity index (χ1) is 8.91. The van der Waals surface area contributed by atoms with E-state index >= 15 is 0 Å². The Bertz CT molecular complexity index is 330. The average Bonchev–Trinajstić information content (AvgIpc) is 2.38. The van der Waals surface area contributed by atoms with Gasteiger partial charge in [-0.25, -0.2) is 0 Å². The Balaban J connectivity index is 2.62. The minimum atomic E-state index is -1.18. The molecule has 0 aromatic heterocycles. The molecule has 2 radical (unpaired) electrons. The van der Waals surface area contributed by atoms with Crippen molar-refractivity contribution in [1.82, 2.24) is 4.90 Å². The van der Waals surface area contributed by atoms with Crippen molar-refractivity contribution in [2.75, 3.05) is 13.1 Å². The predicted octanol–water partition coefficient (Wildman–Crippen LogP) is 0.784. The fourth-order valence-corrected chi connectivity index (χ4v) is 2.76. The topological polar surface area (TPSA) is 83.6 Å². The van der Waals surface area contributed by atoms with Crippen LogP contribution in [0.3, 0.4) is 0 Å². The van der Waals surface area contributed by atoms with Crippen molar-refractivity contribution in [2.45, 2.75) is 50.9 Å². The summed E-state index contributed by atoms with van der Waals surface area (Å²) in [5.74, 6) is -0.969. The number of carbonyl (C=O) groups excluding carboxylic acids is 1. The normalized spacial score (nSPS) is 20.0. The Morgan fingerprint density at radius 1 is 1.37 bits per heavy atom. The van der Waals surface area contributed by atoms with E-state index in [0.717, 1.165) is 12.8 Å². The third-order valence-corrected chi connectivity index (χ3v) is 4.11. The molecule has 3 N–H and O–H groups in total. The van der Waals surface area contributed by atoms with Crippen LogP contribution >= 0.6 is 0 Å². The molecule has 1 aliphatic rings. The number of hydrogen-bond donors (Lipinski definition) is 2. The van der Waals surface area contributed by atoms with Crippen LogP contribution in [0.5, 0.6) is 0 Å². The first-order valence-corrected chi connectivity index (χ1v) is 6.89. The van der Waals surface area contributed by atoms with E-state index in [2.05, 4.69) is 0 Å². The molecule has 0 aliphatic carbocycles. The lowest BCUT2D eigenvalue weighted by Gasteiger charge is -2.39. The molecule has 0 saturated carbocycles. The van der Waals surface area contributed by atoms with Gasteiger partial charge in [0.2, 0.25) is 5.91 Å². The highest BCUT2D eigenvalue weighted by Crippen LogP contribution is 2.31. The monoisotopic (exact) mass is 266 g/mol. The van der Waals surface area contributed by atoms with E-state index in [4.69, 9.17) is 13.6 Å². The first-order valence-electron chi connectivity index (χ1n) is 6.89. The highest BCUT2D eigenvalue weighted by Gasteiger charge is 2.43. The van der Waals surface area contributed by atoms with Crippen molar-refractivity contribution in [2.24, 2.45) is 11.7 Å². The number of piperidine rings is 1. The molecule has 1 amide bonds. The Kier molecular flexibility index (Phi) is 5.85. The van der Waals surface area contributed by atoms with Gasteiger partial charge in [-0.05, 0) is 25.2 Å². The van der Waals surface area contributed by atoms with Gasteiger partial charge in [0.1, 0.15) is 5.54 Å². The van der Waals surface area contributed by atoms with Gasteiger partial charge < -0.3 is 15.7 Å². The summed E-state index contributed by atoms with van der Waals surface area (Å²) in [4.78, 5) is 24.5. The third-order valence-electron chi connectivity index (χ3n) is 4.11. The van der Waals surface area contributed by atoms with E-state index in [1.165, 1.54) is 6.92 Å². The molecule has 5 nitrogen and oxygen atoms in total. The number of carboxylic acids is 1. The standard InChI is InChI=1S/C13H23BN2O3/c1-10(17)16-8-4-11(5-9-16)13(15,12(18)19)6-2-3-7-14/h11H,2-9,15H2,1H3,(H,18,19). The largest absolute Gasteiger partial charge is 0.480 e. The summed E-state index contributed by atoms with van der Waals surface area (Å²) in [6.45, 7) is 2.74. The maximum absolute atomic E-state index is 11.5. The van der Waals surface area contributed by atoms with Crippen molar-refractivity contribution in [3.8, 4) is 0 Å². The van der Waals surface area contributed by atoms with Crippen LogP contribution in [0.25, 0.3) is 0 Å². The number of carboxylic acid groups (broad SMARTS) is 1. The highest BCUT2D eigenvalue weighted by atomic mass is 16.4. The van der Waals surface area contributed by atoms with Crippen LogP contribution in [-0.2, 0) is 9.59 Å². The summed E-state index contributed by atoms with van der Waals surface area (Å²) in [5, 5.41) is 9.42. The van der Waals surface area contributed by atoms with Gasteiger partial charge in [0.25, 0.3) is 0 Å². The summed E-state index contributed by atoms with van der Waals surface area (Å²) in [5.41, 5.74) is 4.95. The molecule has 1 atom stereocenters. The molecule has 0 bridgehead atoms. The molecule has 1 fully saturated rings. The second kappa shape index (κ2) is 6.94. The highest BCUT2D eigenvalue weighted by molar-refractivity contribution is 6.08. The summed E-state index contributed by atoms with van der Waals surface area (Å²) in [6.07, 6.45) is 3.84. The number of likely N-dealkylation sites (tertiary alicyclic amines) is 1. The quantitative estimate of drug-likeness (QED) is 0.549. The number of hydrogen-bond acceptors (Lipinski definition) is 3. The molecule has 0 aromatic carbocycles. The minimum absolute atomic E-state index is 0.0412. The van der Waals surface area contributed by atoms with Crippen LogP contribution in [0.15, 0.2) is 0 Å². The van der Waals surface area contributed by atoms with E-state index < -0.39 is 11.5 Å². The molecule has 1 rings (SSSR count). The van der Waals surface area contributed by atoms with Crippen LogP contribution in [-0.4, -0.2) is 48.4 Å². The Labute approximate surface area is 115 Å². The lowest BCUT2D eigenvalue weighted by molar-refractivity contribution is -0.147.